The van der Waals surface area contributed by atoms with E-state index in [0.717, 1.165) is 9.87 Å². The van der Waals surface area contributed by atoms with Crippen LogP contribution in [-0.4, -0.2) is 47.6 Å². The second-order valence-corrected chi connectivity index (χ2v) is 10.0. The SMILES string of the molecule is COc1ccc(N(C)C(=O)C(Cc2ccccc2)NC(=O)NS(=O)(=O)N(C)c2ccc(Cl)cc2)cc1. The molecule has 1 atom stereocenters. The zero-order valence-corrected chi connectivity index (χ0v) is 21.6. The van der Waals surface area contributed by atoms with E-state index >= 15 is 0 Å². The van der Waals surface area contributed by atoms with Gasteiger partial charge in [-0.25, -0.2) is 9.52 Å². The number of nitrogens with zero attached hydrogens (tertiary/aromatic N) is 2. The van der Waals surface area contributed by atoms with Crippen molar-refractivity contribution in [1.29, 1.82) is 0 Å². The summed E-state index contributed by atoms with van der Waals surface area (Å²) in [6.45, 7) is 0. The van der Waals surface area contributed by atoms with E-state index in [1.807, 2.05) is 35.1 Å². The highest BCUT2D eigenvalue weighted by molar-refractivity contribution is 7.91. The third kappa shape index (κ3) is 6.89. The third-order valence-corrected chi connectivity index (χ3v) is 7.08. The van der Waals surface area contributed by atoms with E-state index in [4.69, 9.17) is 16.3 Å². The number of halogens is 1. The molecule has 9 nitrogen and oxygen atoms in total. The van der Waals surface area contributed by atoms with Crippen LogP contribution in [0.4, 0.5) is 16.2 Å². The van der Waals surface area contributed by atoms with Gasteiger partial charge in [0.15, 0.2) is 0 Å². The molecule has 1 unspecified atom stereocenters. The quantitative estimate of drug-likeness (QED) is 0.439. The zero-order valence-electron chi connectivity index (χ0n) is 20.0. The van der Waals surface area contributed by atoms with E-state index in [1.54, 1.807) is 38.4 Å². The molecule has 2 N–H and O–H groups in total. The highest BCUT2D eigenvalue weighted by Crippen LogP contribution is 2.20. The molecule has 0 aliphatic heterocycles. The molecule has 0 heterocycles. The molecule has 3 aromatic rings. The first kappa shape index (κ1) is 26.8. The largest absolute Gasteiger partial charge is 0.497 e. The minimum absolute atomic E-state index is 0.153. The number of methoxy groups -OCH3 is 1. The van der Waals surface area contributed by atoms with Crippen LogP contribution in [0.15, 0.2) is 78.9 Å². The molecule has 3 amide bonds. The number of hydrogen-bond donors (Lipinski definition) is 2. The summed E-state index contributed by atoms with van der Waals surface area (Å²) in [5.74, 6) is 0.204. The van der Waals surface area contributed by atoms with Gasteiger partial charge in [0.2, 0.25) is 5.91 Å². The fraction of sp³-hybridized carbons (Fsp3) is 0.200. The van der Waals surface area contributed by atoms with Gasteiger partial charge in [-0.3, -0.25) is 9.10 Å². The lowest BCUT2D eigenvalue weighted by Gasteiger charge is -2.26. The van der Waals surface area contributed by atoms with E-state index in [1.165, 1.54) is 36.2 Å². The lowest BCUT2D eigenvalue weighted by Crippen LogP contribution is -2.54. The van der Waals surface area contributed by atoms with Crippen LogP contribution < -0.4 is 24.0 Å². The first-order valence-corrected chi connectivity index (χ1v) is 12.7. The summed E-state index contributed by atoms with van der Waals surface area (Å²) in [7, 11) is 0.153. The number of carbonyl (C=O) groups is 2. The van der Waals surface area contributed by atoms with Gasteiger partial charge < -0.3 is 15.0 Å². The number of carbonyl (C=O) groups excluding carboxylic acids is 2. The Morgan fingerprint density at radius 1 is 0.917 bits per heavy atom. The fourth-order valence-corrected chi connectivity index (χ4v) is 4.34. The Kier molecular flexibility index (Phi) is 8.78. The molecule has 3 aromatic carbocycles. The lowest BCUT2D eigenvalue weighted by molar-refractivity contribution is -0.120. The van der Waals surface area contributed by atoms with Crippen LogP contribution in [0.1, 0.15) is 5.56 Å². The summed E-state index contributed by atoms with van der Waals surface area (Å²) in [4.78, 5) is 27.5. The van der Waals surface area contributed by atoms with E-state index < -0.39 is 28.2 Å². The number of amides is 3. The second kappa shape index (κ2) is 11.8. The average molecular weight is 531 g/mol. The van der Waals surface area contributed by atoms with Crippen LogP contribution in [-0.2, 0) is 21.4 Å². The Balaban J connectivity index is 1.78. The first-order valence-electron chi connectivity index (χ1n) is 10.9. The summed E-state index contributed by atoms with van der Waals surface area (Å²) in [6, 6.07) is 19.9. The summed E-state index contributed by atoms with van der Waals surface area (Å²) < 4.78 is 33.6. The van der Waals surface area contributed by atoms with Crippen molar-refractivity contribution in [2.24, 2.45) is 0 Å². The van der Waals surface area contributed by atoms with Crippen LogP contribution in [0, 0.1) is 0 Å². The van der Waals surface area contributed by atoms with Gasteiger partial charge >= 0.3 is 16.2 Å². The van der Waals surface area contributed by atoms with E-state index in [2.05, 4.69) is 5.32 Å². The van der Waals surface area contributed by atoms with Gasteiger partial charge in [0.25, 0.3) is 0 Å². The zero-order chi connectivity index (χ0) is 26.3. The number of ether oxygens (including phenoxy) is 1. The van der Waals surface area contributed by atoms with Crippen molar-refractivity contribution in [3.05, 3.63) is 89.4 Å². The normalized spacial score (nSPS) is 11.8. The average Bonchev–Trinajstić information content (AvgIpc) is 2.87. The van der Waals surface area contributed by atoms with Gasteiger partial charge in [0.05, 0.1) is 12.8 Å². The lowest BCUT2D eigenvalue weighted by atomic mass is 10.0. The molecule has 3 rings (SSSR count). The Morgan fingerprint density at radius 3 is 2.08 bits per heavy atom. The van der Waals surface area contributed by atoms with E-state index in [9.17, 15) is 18.0 Å². The third-order valence-electron chi connectivity index (χ3n) is 5.45. The molecule has 0 bridgehead atoms. The maximum absolute atomic E-state index is 13.4. The molecular formula is C25H27ClN4O5S. The van der Waals surface area contributed by atoms with Crippen molar-refractivity contribution in [2.45, 2.75) is 12.5 Å². The predicted molar refractivity (Wildman–Crippen MR) is 141 cm³/mol. The molecule has 11 heteroatoms. The molecule has 190 valence electrons. The number of rotatable bonds is 9. The molecule has 0 aromatic heterocycles. The van der Waals surface area contributed by atoms with Crippen molar-refractivity contribution in [3.63, 3.8) is 0 Å². The van der Waals surface area contributed by atoms with Crippen molar-refractivity contribution in [3.8, 4) is 5.75 Å². The Hall–Kier alpha value is -3.76. The van der Waals surface area contributed by atoms with Crippen molar-refractivity contribution in [2.75, 3.05) is 30.4 Å². The molecule has 0 spiro atoms. The number of benzene rings is 3. The smallest absolute Gasteiger partial charge is 0.330 e. The van der Waals surface area contributed by atoms with Crippen LogP contribution >= 0.6 is 11.6 Å². The molecule has 0 saturated carbocycles. The molecular weight excluding hydrogens is 504 g/mol. The maximum atomic E-state index is 13.4. The van der Waals surface area contributed by atoms with Crippen LogP contribution in [0.5, 0.6) is 5.75 Å². The molecule has 0 fully saturated rings. The molecule has 0 aliphatic carbocycles. The summed E-state index contributed by atoms with van der Waals surface area (Å²) in [5, 5.41) is 2.96. The molecule has 0 aliphatic rings. The molecule has 0 radical (unpaired) electrons. The summed E-state index contributed by atoms with van der Waals surface area (Å²) in [5.41, 5.74) is 1.67. The topological polar surface area (TPSA) is 108 Å². The second-order valence-electron chi connectivity index (χ2n) is 7.86. The number of likely N-dealkylation sites (N-methyl/N-ethyl adjacent to an activating group) is 1. The Morgan fingerprint density at radius 2 is 1.50 bits per heavy atom. The van der Waals surface area contributed by atoms with Crippen LogP contribution in [0.2, 0.25) is 5.02 Å². The predicted octanol–water partition coefficient (Wildman–Crippen LogP) is 3.60. The van der Waals surface area contributed by atoms with E-state index in [-0.39, 0.29) is 6.42 Å². The fourth-order valence-electron chi connectivity index (χ4n) is 3.38. The standard InChI is InChI=1S/C25H27ClN4O5S/c1-29(20-13-15-22(35-3)16-14-20)24(31)23(17-18-7-5-4-6-8-18)27-25(32)28-36(33,34)30(2)21-11-9-19(26)10-12-21/h4-16,23H,17H2,1-3H3,(H2,27,28,32). The van der Waals surface area contributed by atoms with Crippen LogP contribution in [0.25, 0.3) is 0 Å². The monoisotopic (exact) mass is 530 g/mol. The van der Waals surface area contributed by atoms with Crippen molar-refractivity contribution >= 4 is 45.1 Å². The number of anilines is 2. The summed E-state index contributed by atoms with van der Waals surface area (Å²) >= 11 is 5.86. The molecule has 36 heavy (non-hydrogen) atoms. The van der Waals surface area contributed by atoms with Crippen molar-refractivity contribution < 1.29 is 22.7 Å². The Labute approximate surface area is 215 Å². The van der Waals surface area contributed by atoms with Gasteiger partial charge in [0, 0.05) is 31.2 Å². The van der Waals surface area contributed by atoms with Gasteiger partial charge in [-0.2, -0.15) is 8.42 Å². The number of hydrogen-bond acceptors (Lipinski definition) is 5. The minimum atomic E-state index is -4.26. The van der Waals surface area contributed by atoms with E-state index in [0.29, 0.717) is 22.1 Å². The number of urea groups is 1. The first-order chi connectivity index (χ1) is 17.1. The van der Waals surface area contributed by atoms with Gasteiger partial charge in [-0.1, -0.05) is 41.9 Å². The van der Waals surface area contributed by atoms with Crippen LogP contribution in [0.3, 0.4) is 0 Å². The van der Waals surface area contributed by atoms with Crippen molar-refractivity contribution in [1.82, 2.24) is 10.0 Å². The van der Waals surface area contributed by atoms with Gasteiger partial charge in [0.1, 0.15) is 11.8 Å². The number of nitrogens with one attached hydrogen (secondary N) is 2. The minimum Gasteiger partial charge on any atom is -0.497 e. The summed E-state index contributed by atoms with van der Waals surface area (Å²) in [6.07, 6.45) is 0.153. The van der Waals surface area contributed by atoms with Gasteiger partial charge in [-0.15, -0.1) is 0 Å². The highest BCUT2D eigenvalue weighted by atomic mass is 35.5. The van der Waals surface area contributed by atoms with Gasteiger partial charge in [-0.05, 0) is 54.1 Å². The highest BCUT2D eigenvalue weighted by Gasteiger charge is 2.28. The Bertz CT molecular complexity index is 1290. The maximum Gasteiger partial charge on any atom is 0.330 e. The molecule has 0 saturated heterocycles.